The third-order valence-corrected chi connectivity index (χ3v) is 5.00. The molecule has 0 bridgehead atoms. The quantitative estimate of drug-likeness (QED) is 0.409. The van der Waals surface area contributed by atoms with Gasteiger partial charge in [-0.05, 0) is 36.4 Å². The van der Waals surface area contributed by atoms with Gasteiger partial charge in [0.25, 0.3) is 0 Å². The van der Waals surface area contributed by atoms with Crippen LogP contribution in [0.3, 0.4) is 0 Å². The fourth-order valence-electron chi connectivity index (χ4n) is 2.80. The molecule has 1 fully saturated rings. The SMILES string of the molecule is CN=C(NCCn1cccn1)NC1CCN(c2cccs2)CC1.I. The van der Waals surface area contributed by atoms with Gasteiger partial charge in [-0.2, -0.15) is 5.10 Å². The van der Waals surface area contributed by atoms with Crippen molar-refractivity contribution in [1.82, 2.24) is 20.4 Å². The van der Waals surface area contributed by atoms with Crippen LogP contribution in [0.5, 0.6) is 0 Å². The van der Waals surface area contributed by atoms with Crippen LogP contribution in [0.15, 0.2) is 41.0 Å². The van der Waals surface area contributed by atoms with E-state index in [9.17, 15) is 0 Å². The standard InChI is InChI=1S/C16H24N6S.HI/c1-17-16(18-8-12-22-9-3-7-19-22)20-14-5-10-21(11-6-14)15-4-2-13-23-15;/h2-4,7,9,13-14H,5-6,8,10-12H2,1H3,(H2,17,18,20);1H. The zero-order valence-electron chi connectivity index (χ0n) is 13.9. The van der Waals surface area contributed by atoms with Gasteiger partial charge in [-0.1, -0.05) is 0 Å². The highest BCUT2D eigenvalue weighted by molar-refractivity contribution is 14.0. The number of piperidine rings is 1. The normalized spacial score (nSPS) is 15.9. The number of thiophene rings is 1. The zero-order chi connectivity index (χ0) is 15.9. The van der Waals surface area contributed by atoms with Gasteiger partial charge >= 0.3 is 0 Å². The molecule has 0 atom stereocenters. The first-order chi connectivity index (χ1) is 11.3. The van der Waals surface area contributed by atoms with Crippen LogP contribution in [0.2, 0.25) is 0 Å². The van der Waals surface area contributed by atoms with Crippen LogP contribution in [0.25, 0.3) is 0 Å². The van der Waals surface area contributed by atoms with E-state index in [0.29, 0.717) is 6.04 Å². The molecule has 1 aliphatic rings. The lowest BCUT2D eigenvalue weighted by Crippen LogP contribution is -2.49. The Balaban J connectivity index is 0.00000208. The zero-order valence-corrected chi connectivity index (χ0v) is 17.0. The first-order valence-electron chi connectivity index (χ1n) is 8.08. The van der Waals surface area contributed by atoms with Crippen LogP contribution in [0, 0.1) is 0 Å². The number of nitrogens with zero attached hydrogens (tertiary/aromatic N) is 4. The van der Waals surface area contributed by atoms with E-state index < -0.39 is 0 Å². The van der Waals surface area contributed by atoms with Crippen LogP contribution in [-0.4, -0.2) is 48.5 Å². The van der Waals surface area contributed by atoms with E-state index in [1.54, 1.807) is 6.20 Å². The van der Waals surface area contributed by atoms with Crippen molar-refractivity contribution < 1.29 is 0 Å². The van der Waals surface area contributed by atoms with Crippen LogP contribution in [-0.2, 0) is 6.54 Å². The van der Waals surface area contributed by atoms with Gasteiger partial charge in [0.05, 0.1) is 11.5 Å². The molecule has 0 amide bonds. The molecule has 2 N–H and O–H groups in total. The molecule has 6 nitrogen and oxygen atoms in total. The van der Waals surface area contributed by atoms with Crippen molar-refractivity contribution in [1.29, 1.82) is 0 Å². The summed E-state index contributed by atoms with van der Waals surface area (Å²) in [5, 5.41) is 14.6. The first kappa shape index (κ1) is 19.0. The topological polar surface area (TPSA) is 57.5 Å². The number of hydrogen-bond acceptors (Lipinski definition) is 4. The summed E-state index contributed by atoms with van der Waals surface area (Å²) in [5.41, 5.74) is 0. The average molecular weight is 460 g/mol. The monoisotopic (exact) mass is 460 g/mol. The van der Waals surface area contributed by atoms with Crippen molar-refractivity contribution in [2.45, 2.75) is 25.4 Å². The smallest absolute Gasteiger partial charge is 0.191 e. The summed E-state index contributed by atoms with van der Waals surface area (Å²) >= 11 is 1.82. The Labute approximate surface area is 164 Å². The Hall–Kier alpha value is -1.29. The highest BCUT2D eigenvalue weighted by atomic mass is 127. The summed E-state index contributed by atoms with van der Waals surface area (Å²) in [6.45, 7) is 3.85. The fraction of sp³-hybridized carbons (Fsp3) is 0.500. The van der Waals surface area contributed by atoms with Gasteiger partial charge in [-0.25, -0.2) is 0 Å². The van der Waals surface area contributed by atoms with Gasteiger partial charge in [-0.3, -0.25) is 9.67 Å². The summed E-state index contributed by atoms with van der Waals surface area (Å²) < 4.78 is 1.92. The van der Waals surface area contributed by atoms with Crippen LogP contribution < -0.4 is 15.5 Å². The van der Waals surface area contributed by atoms with E-state index in [1.807, 2.05) is 35.3 Å². The molecule has 3 rings (SSSR count). The highest BCUT2D eigenvalue weighted by Crippen LogP contribution is 2.24. The first-order valence-corrected chi connectivity index (χ1v) is 8.96. The maximum Gasteiger partial charge on any atom is 0.191 e. The number of hydrogen-bond donors (Lipinski definition) is 2. The molecule has 2 aromatic heterocycles. The maximum absolute atomic E-state index is 4.32. The van der Waals surface area contributed by atoms with Gasteiger partial charge in [0.15, 0.2) is 5.96 Å². The van der Waals surface area contributed by atoms with E-state index in [1.165, 1.54) is 5.00 Å². The van der Waals surface area contributed by atoms with E-state index in [-0.39, 0.29) is 24.0 Å². The molecule has 0 saturated carbocycles. The van der Waals surface area contributed by atoms with Gasteiger partial charge in [0.1, 0.15) is 0 Å². The van der Waals surface area contributed by atoms with Crippen molar-refractivity contribution in [2.75, 3.05) is 31.6 Å². The molecule has 0 aliphatic carbocycles. The molecule has 8 heteroatoms. The third-order valence-electron chi connectivity index (χ3n) is 4.07. The summed E-state index contributed by atoms with van der Waals surface area (Å²) in [6, 6.07) is 6.75. The molecule has 132 valence electrons. The van der Waals surface area contributed by atoms with E-state index in [2.05, 4.69) is 43.1 Å². The fourth-order valence-corrected chi connectivity index (χ4v) is 3.59. The Morgan fingerprint density at radius 2 is 2.21 bits per heavy atom. The van der Waals surface area contributed by atoms with Gasteiger partial charge in [0.2, 0.25) is 0 Å². The summed E-state index contributed by atoms with van der Waals surface area (Å²) in [6.07, 6.45) is 6.04. The predicted molar refractivity (Wildman–Crippen MR) is 112 cm³/mol. The molecule has 0 aromatic carbocycles. The molecule has 3 heterocycles. The molecular weight excluding hydrogens is 435 g/mol. The Bertz CT molecular complexity index is 590. The number of anilines is 1. The van der Waals surface area contributed by atoms with E-state index in [4.69, 9.17) is 0 Å². The van der Waals surface area contributed by atoms with Gasteiger partial charge in [-0.15, -0.1) is 35.3 Å². The van der Waals surface area contributed by atoms with Crippen molar-refractivity contribution in [2.24, 2.45) is 4.99 Å². The Kier molecular flexibility index (Phi) is 7.83. The van der Waals surface area contributed by atoms with Gasteiger partial charge < -0.3 is 15.5 Å². The lowest BCUT2D eigenvalue weighted by molar-refractivity contribution is 0.461. The number of halogens is 1. The minimum atomic E-state index is 0. The number of guanidine groups is 1. The molecule has 1 aliphatic heterocycles. The minimum Gasteiger partial charge on any atom is -0.363 e. The number of aliphatic imine (C=N–C) groups is 1. The van der Waals surface area contributed by atoms with E-state index >= 15 is 0 Å². The summed E-state index contributed by atoms with van der Waals surface area (Å²) in [5.74, 6) is 0.881. The van der Waals surface area contributed by atoms with Gasteiger partial charge in [0, 0.05) is 45.1 Å². The lowest BCUT2D eigenvalue weighted by atomic mass is 10.1. The second-order valence-corrected chi connectivity index (χ2v) is 6.55. The van der Waals surface area contributed by atoms with Crippen molar-refractivity contribution in [3.63, 3.8) is 0 Å². The molecule has 0 spiro atoms. The summed E-state index contributed by atoms with van der Waals surface area (Å²) in [7, 11) is 1.82. The average Bonchev–Trinajstić information content (AvgIpc) is 3.28. The molecule has 0 unspecified atom stereocenters. The van der Waals surface area contributed by atoms with Crippen molar-refractivity contribution >= 4 is 46.3 Å². The van der Waals surface area contributed by atoms with Crippen LogP contribution in [0.4, 0.5) is 5.00 Å². The van der Waals surface area contributed by atoms with Crippen molar-refractivity contribution in [3.05, 3.63) is 36.0 Å². The number of rotatable bonds is 5. The largest absolute Gasteiger partial charge is 0.363 e. The molecule has 2 aromatic rings. The number of aromatic nitrogens is 2. The van der Waals surface area contributed by atoms with Crippen molar-refractivity contribution in [3.8, 4) is 0 Å². The number of nitrogens with one attached hydrogen (secondary N) is 2. The van der Waals surface area contributed by atoms with E-state index in [0.717, 1.165) is 45.0 Å². The molecule has 24 heavy (non-hydrogen) atoms. The second kappa shape index (κ2) is 9.87. The third kappa shape index (κ3) is 5.37. The second-order valence-electron chi connectivity index (χ2n) is 5.63. The molecule has 0 radical (unpaired) electrons. The highest BCUT2D eigenvalue weighted by Gasteiger charge is 2.20. The molecule has 1 saturated heterocycles. The Morgan fingerprint density at radius 3 is 2.83 bits per heavy atom. The molecular formula is C16H25IN6S. The summed E-state index contributed by atoms with van der Waals surface area (Å²) in [4.78, 5) is 6.79. The predicted octanol–water partition coefficient (Wildman–Crippen LogP) is 2.40. The van der Waals surface area contributed by atoms with Crippen LogP contribution in [0.1, 0.15) is 12.8 Å². The lowest BCUT2D eigenvalue weighted by Gasteiger charge is -2.33. The van der Waals surface area contributed by atoms with Crippen LogP contribution >= 0.6 is 35.3 Å². The maximum atomic E-state index is 4.32. The Morgan fingerprint density at radius 1 is 1.38 bits per heavy atom. The minimum absolute atomic E-state index is 0.